The number of fused-ring (bicyclic) bond motifs is 1. The Balaban J connectivity index is 2.24. The van der Waals surface area contributed by atoms with Gasteiger partial charge < -0.3 is 14.5 Å². The molecule has 3 heteroatoms. The van der Waals surface area contributed by atoms with E-state index in [9.17, 15) is 0 Å². The molecule has 0 radical (unpaired) electrons. The van der Waals surface area contributed by atoms with E-state index in [0.717, 1.165) is 23.4 Å². The fourth-order valence-corrected chi connectivity index (χ4v) is 2.73. The summed E-state index contributed by atoms with van der Waals surface area (Å²) in [4.78, 5) is 3.50. The summed E-state index contributed by atoms with van der Waals surface area (Å²) < 4.78 is 10.7. The van der Waals surface area contributed by atoms with Crippen LogP contribution in [0, 0.1) is 0 Å². The predicted octanol–water partition coefficient (Wildman–Crippen LogP) is 4.41. The van der Waals surface area contributed by atoms with E-state index in [2.05, 4.69) is 30.1 Å². The van der Waals surface area contributed by atoms with Gasteiger partial charge in [0.2, 0.25) is 0 Å². The lowest BCUT2D eigenvalue weighted by Gasteiger charge is -2.06. The van der Waals surface area contributed by atoms with Crippen molar-refractivity contribution in [2.24, 2.45) is 0 Å². The van der Waals surface area contributed by atoms with Gasteiger partial charge in [-0.15, -0.1) is 0 Å². The molecule has 0 saturated heterocycles. The molecule has 0 bridgehead atoms. The highest BCUT2D eigenvalue weighted by atomic mass is 16.5. The third-order valence-electron chi connectivity index (χ3n) is 3.80. The van der Waals surface area contributed by atoms with Crippen molar-refractivity contribution in [1.29, 1.82) is 0 Å². The monoisotopic (exact) mass is 281 g/mol. The molecular weight excluding hydrogens is 262 g/mol. The Labute approximate surface area is 124 Å². The largest absolute Gasteiger partial charge is 0.497 e. The number of rotatable bonds is 4. The molecule has 3 nitrogen and oxygen atoms in total. The van der Waals surface area contributed by atoms with Gasteiger partial charge in [0.05, 0.1) is 14.2 Å². The normalized spacial score (nSPS) is 10.8. The molecule has 21 heavy (non-hydrogen) atoms. The minimum absolute atomic E-state index is 0.864. The van der Waals surface area contributed by atoms with Crippen LogP contribution in [0.2, 0.25) is 0 Å². The molecule has 0 aliphatic rings. The van der Waals surface area contributed by atoms with Crippen LogP contribution in [0.1, 0.15) is 12.6 Å². The van der Waals surface area contributed by atoms with E-state index >= 15 is 0 Å². The molecular formula is C18H19NO2. The van der Waals surface area contributed by atoms with Crippen LogP contribution < -0.4 is 9.47 Å². The molecule has 0 spiro atoms. The quantitative estimate of drug-likeness (QED) is 0.768. The Bertz CT molecular complexity index is 774. The summed E-state index contributed by atoms with van der Waals surface area (Å²) in [5, 5.41) is 1.21. The molecule has 2 aromatic carbocycles. The van der Waals surface area contributed by atoms with Gasteiger partial charge in [-0.3, -0.25) is 0 Å². The molecule has 0 saturated carbocycles. The minimum Gasteiger partial charge on any atom is -0.497 e. The van der Waals surface area contributed by atoms with Crippen LogP contribution in [-0.4, -0.2) is 19.2 Å². The first-order valence-corrected chi connectivity index (χ1v) is 7.09. The van der Waals surface area contributed by atoms with E-state index < -0.39 is 0 Å². The zero-order chi connectivity index (χ0) is 14.8. The number of hydrogen-bond acceptors (Lipinski definition) is 2. The van der Waals surface area contributed by atoms with Crippen molar-refractivity contribution in [1.82, 2.24) is 4.98 Å². The Hall–Kier alpha value is -2.42. The first-order chi connectivity index (χ1) is 10.3. The maximum atomic E-state index is 5.34. The molecule has 3 aromatic rings. The summed E-state index contributed by atoms with van der Waals surface area (Å²) in [5.74, 6) is 1.74. The molecule has 0 fully saturated rings. The van der Waals surface area contributed by atoms with E-state index in [-0.39, 0.29) is 0 Å². The second kappa shape index (κ2) is 5.52. The van der Waals surface area contributed by atoms with Crippen LogP contribution in [0.3, 0.4) is 0 Å². The summed E-state index contributed by atoms with van der Waals surface area (Å²) in [6.45, 7) is 2.16. The van der Waals surface area contributed by atoms with Crippen molar-refractivity contribution in [2.75, 3.05) is 14.2 Å². The summed E-state index contributed by atoms with van der Waals surface area (Å²) in [5.41, 5.74) is 4.74. The van der Waals surface area contributed by atoms with Crippen molar-refractivity contribution in [3.05, 3.63) is 48.2 Å². The van der Waals surface area contributed by atoms with E-state index in [1.54, 1.807) is 14.2 Å². The van der Waals surface area contributed by atoms with Crippen LogP contribution in [-0.2, 0) is 6.42 Å². The predicted molar refractivity (Wildman–Crippen MR) is 86.2 cm³/mol. The van der Waals surface area contributed by atoms with Crippen molar-refractivity contribution in [2.45, 2.75) is 13.3 Å². The number of H-pyrrole nitrogens is 1. The van der Waals surface area contributed by atoms with E-state index in [0.29, 0.717) is 0 Å². The molecule has 108 valence electrons. The maximum absolute atomic E-state index is 5.34. The van der Waals surface area contributed by atoms with Gasteiger partial charge in [-0.05, 0) is 36.2 Å². The average molecular weight is 281 g/mol. The fourth-order valence-electron chi connectivity index (χ4n) is 2.73. The molecule has 1 heterocycles. The second-order valence-corrected chi connectivity index (χ2v) is 4.98. The first-order valence-electron chi connectivity index (χ1n) is 7.09. The number of ether oxygens (including phenoxy) is 2. The van der Waals surface area contributed by atoms with Gasteiger partial charge in [0.15, 0.2) is 0 Å². The Kier molecular flexibility index (Phi) is 3.57. The number of benzene rings is 2. The molecule has 0 aliphatic heterocycles. The lowest BCUT2D eigenvalue weighted by molar-refractivity contribution is 0.415. The Morgan fingerprint density at radius 2 is 1.71 bits per heavy atom. The highest BCUT2D eigenvalue weighted by Gasteiger charge is 2.13. The molecule has 1 aromatic heterocycles. The standard InChI is InChI=1S/C18H19NO2/c1-4-16-18(12-6-5-7-13(10-12)20-2)15-9-8-14(21-3)11-17(15)19-16/h5-11,19H,4H2,1-3H3. The number of aryl methyl sites for hydroxylation is 1. The van der Waals surface area contributed by atoms with Gasteiger partial charge in [0.25, 0.3) is 0 Å². The topological polar surface area (TPSA) is 34.2 Å². The fraction of sp³-hybridized carbons (Fsp3) is 0.222. The Morgan fingerprint density at radius 3 is 2.43 bits per heavy atom. The third-order valence-corrected chi connectivity index (χ3v) is 3.80. The van der Waals surface area contributed by atoms with Crippen LogP contribution in [0.5, 0.6) is 11.5 Å². The van der Waals surface area contributed by atoms with Crippen LogP contribution >= 0.6 is 0 Å². The number of nitrogens with one attached hydrogen (secondary N) is 1. The molecule has 0 atom stereocenters. The van der Waals surface area contributed by atoms with Gasteiger partial charge in [0.1, 0.15) is 11.5 Å². The van der Waals surface area contributed by atoms with Gasteiger partial charge in [-0.25, -0.2) is 0 Å². The lowest BCUT2D eigenvalue weighted by atomic mass is 10.0. The molecule has 0 unspecified atom stereocenters. The van der Waals surface area contributed by atoms with Gasteiger partial charge >= 0.3 is 0 Å². The van der Waals surface area contributed by atoms with E-state index in [1.165, 1.54) is 22.2 Å². The average Bonchev–Trinajstić information content (AvgIpc) is 2.92. The highest BCUT2D eigenvalue weighted by molar-refractivity contribution is 5.98. The summed E-state index contributed by atoms with van der Waals surface area (Å²) >= 11 is 0. The van der Waals surface area contributed by atoms with Crippen molar-refractivity contribution in [3.63, 3.8) is 0 Å². The van der Waals surface area contributed by atoms with Crippen molar-refractivity contribution < 1.29 is 9.47 Å². The SMILES string of the molecule is CCc1[nH]c2cc(OC)ccc2c1-c1cccc(OC)c1. The first kappa shape index (κ1) is 13.6. The summed E-state index contributed by atoms with van der Waals surface area (Å²) in [7, 11) is 3.38. The molecule has 0 amide bonds. The highest BCUT2D eigenvalue weighted by Crippen LogP contribution is 2.35. The smallest absolute Gasteiger partial charge is 0.120 e. The van der Waals surface area contributed by atoms with Gasteiger partial charge in [0, 0.05) is 28.2 Å². The summed E-state index contributed by atoms with van der Waals surface area (Å²) in [6.07, 6.45) is 0.948. The lowest BCUT2D eigenvalue weighted by Crippen LogP contribution is -1.87. The van der Waals surface area contributed by atoms with Gasteiger partial charge in [-0.2, -0.15) is 0 Å². The third kappa shape index (κ3) is 2.35. The van der Waals surface area contributed by atoms with Crippen molar-refractivity contribution in [3.8, 4) is 22.6 Å². The van der Waals surface area contributed by atoms with E-state index in [1.807, 2.05) is 24.3 Å². The number of aromatic nitrogens is 1. The minimum atomic E-state index is 0.864. The van der Waals surface area contributed by atoms with Gasteiger partial charge in [-0.1, -0.05) is 19.1 Å². The number of methoxy groups -OCH3 is 2. The molecule has 3 rings (SSSR count). The summed E-state index contributed by atoms with van der Waals surface area (Å²) in [6, 6.07) is 14.3. The maximum Gasteiger partial charge on any atom is 0.120 e. The zero-order valence-electron chi connectivity index (χ0n) is 12.6. The van der Waals surface area contributed by atoms with E-state index in [4.69, 9.17) is 9.47 Å². The van der Waals surface area contributed by atoms with Crippen molar-refractivity contribution >= 4 is 10.9 Å². The second-order valence-electron chi connectivity index (χ2n) is 4.98. The van der Waals surface area contributed by atoms with Crippen LogP contribution in [0.25, 0.3) is 22.0 Å². The Morgan fingerprint density at radius 1 is 0.952 bits per heavy atom. The van der Waals surface area contributed by atoms with Crippen LogP contribution in [0.15, 0.2) is 42.5 Å². The molecule has 0 aliphatic carbocycles. The zero-order valence-corrected chi connectivity index (χ0v) is 12.6. The van der Waals surface area contributed by atoms with Crippen LogP contribution in [0.4, 0.5) is 0 Å². The number of hydrogen-bond donors (Lipinski definition) is 1. The molecule has 1 N–H and O–H groups in total. The number of aromatic amines is 1.